The van der Waals surface area contributed by atoms with Gasteiger partial charge in [-0.2, -0.15) is 10.5 Å². The molecule has 0 radical (unpaired) electrons. The van der Waals surface area contributed by atoms with Crippen LogP contribution in [0.5, 0.6) is 0 Å². The number of hydrogen-bond acceptors (Lipinski definition) is 2. The number of aryl methyl sites for hydroxylation is 12. The zero-order chi connectivity index (χ0) is 54.6. The maximum Gasteiger partial charge on any atom is 0.0998 e. The van der Waals surface area contributed by atoms with Crippen LogP contribution in [-0.2, 0) is 0 Å². The van der Waals surface area contributed by atoms with Gasteiger partial charge < -0.3 is 9.13 Å². The number of benzene rings is 10. The van der Waals surface area contributed by atoms with Crippen LogP contribution in [0.15, 0.2) is 158 Å². The van der Waals surface area contributed by atoms with Crippen molar-refractivity contribution in [2.75, 3.05) is 0 Å². The molecule has 0 spiro atoms. The molecule has 0 unspecified atom stereocenters. The van der Waals surface area contributed by atoms with Crippen molar-refractivity contribution in [3.05, 3.63) is 236 Å². The molecule has 12 aromatic rings. The summed E-state index contributed by atoms with van der Waals surface area (Å²) in [5.41, 5.74) is 33.1. The summed E-state index contributed by atoms with van der Waals surface area (Å²) < 4.78 is 4.71. The lowest BCUT2D eigenvalue weighted by Crippen LogP contribution is -2.04. The van der Waals surface area contributed by atoms with E-state index in [1.807, 2.05) is 24.3 Å². The average Bonchev–Trinajstić information content (AvgIpc) is 4.11. The molecule has 0 saturated carbocycles. The molecule has 0 aliphatic carbocycles. The predicted molar refractivity (Wildman–Crippen MR) is 329 cm³/mol. The fourth-order valence-corrected chi connectivity index (χ4v) is 13.8. The highest BCUT2D eigenvalue weighted by atomic mass is 15.0. The largest absolute Gasteiger partial charge is 0.309 e. The van der Waals surface area contributed by atoms with E-state index >= 15 is 0 Å². The molecule has 0 N–H and O–H groups in total. The molecular formula is C74H62N4. The maximum absolute atomic E-state index is 11.4. The maximum atomic E-state index is 11.4. The van der Waals surface area contributed by atoms with Crippen molar-refractivity contribution in [1.82, 2.24) is 9.13 Å². The quantitative estimate of drug-likeness (QED) is 0.160. The first-order valence-corrected chi connectivity index (χ1v) is 27.1. The topological polar surface area (TPSA) is 57.4 Å². The minimum Gasteiger partial charge on any atom is -0.309 e. The summed E-state index contributed by atoms with van der Waals surface area (Å²) in [6.45, 7) is 26.4. The molecule has 78 heavy (non-hydrogen) atoms. The van der Waals surface area contributed by atoms with E-state index in [9.17, 15) is 10.5 Å². The second-order valence-corrected chi connectivity index (χ2v) is 22.3. The molecule has 378 valence electrons. The minimum absolute atomic E-state index is 0.512. The first kappa shape index (κ1) is 49.6. The third kappa shape index (κ3) is 8.02. The highest BCUT2D eigenvalue weighted by Gasteiger charge is 2.25. The molecule has 2 aromatic heterocycles. The fraction of sp³-hybridized carbons (Fsp3) is 0.162. The highest BCUT2D eigenvalue weighted by molar-refractivity contribution is 6.14. The molecule has 0 atom stereocenters. The molecule has 2 heterocycles. The van der Waals surface area contributed by atoms with Gasteiger partial charge in [0.1, 0.15) is 0 Å². The van der Waals surface area contributed by atoms with Crippen molar-refractivity contribution in [1.29, 1.82) is 10.5 Å². The first-order valence-electron chi connectivity index (χ1n) is 27.1. The molecule has 0 fully saturated rings. The van der Waals surface area contributed by atoms with Crippen LogP contribution in [-0.4, -0.2) is 9.13 Å². The Bertz CT molecular complexity index is 4330. The summed E-state index contributed by atoms with van der Waals surface area (Å²) in [7, 11) is 0. The molecule has 10 aromatic carbocycles. The van der Waals surface area contributed by atoms with Crippen molar-refractivity contribution in [3.63, 3.8) is 0 Å². The Morgan fingerprint density at radius 2 is 0.615 bits per heavy atom. The van der Waals surface area contributed by atoms with E-state index in [4.69, 9.17) is 0 Å². The van der Waals surface area contributed by atoms with Gasteiger partial charge >= 0.3 is 0 Å². The van der Waals surface area contributed by atoms with E-state index in [2.05, 4.69) is 238 Å². The van der Waals surface area contributed by atoms with Gasteiger partial charge in [0.15, 0.2) is 0 Å². The Hall–Kier alpha value is -9.22. The fourth-order valence-electron chi connectivity index (χ4n) is 13.8. The smallest absolute Gasteiger partial charge is 0.0998 e. The molecular weight excluding hydrogens is 945 g/mol. The van der Waals surface area contributed by atoms with Crippen LogP contribution in [0.4, 0.5) is 0 Å². The van der Waals surface area contributed by atoms with Gasteiger partial charge in [0.2, 0.25) is 0 Å². The number of aromatic nitrogens is 2. The number of fused-ring (bicyclic) bond motifs is 6. The first-order chi connectivity index (χ1) is 37.5. The van der Waals surface area contributed by atoms with Gasteiger partial charge in [-0.1, -0.05) is 101 Å². The van der Waals surface area contributed by atoms with Crippen LogP contribution in [0.3, 0.4) is 0 Å². The second kappa shape index (κ2) is 18.8. The third-order valence-electron chi connectivity index (χ3n) is 16.4. The van der Waals surface area contributed by atoms with Crippen molar-refractivity contribution in [2.45, 2.75) is 83.1 Å². The van der Waals surface area contributed by atoms with E-state index in [0.29, 0.717) is 11.1 Å². The molecule has 0 aliphatic heterocycles. The normalized spacial score (nSPS) is 11.6. The molecule has 12 rings (SSSR count). The minimum atomic E-state index is 0.512. The summed E-state index contributed by atoms with van der Waals surface area (Å²) >= 11 is 0. The number of nitrogens with zero attached hydrogens (tertiary/aromatic N) is 4. The molecule has 4 heteroatoms. The lowest BCUT2D eigenvalue weighted by atomic mass is 9.91. The SMILES string of the molecule is Cc1cc(C)c(-c2ccc3c(c2)c2cc(-c4c(C)cc(C)cc4C)ccc2n3-c2ccc(C#N)cc2-c2c(C#N)cccc2-n2c3ccc(-c4c(C)cc(C)cc4C)cc3c3cc(-c4c(C)cc(C)cc4C)ccc32)c(C)c1. The van der Waals surface area contributed by atoms with E-state index in [1.165, 1.54) is 100 Å². The summed E-state index contributed by atoms with van der Waals surface area (Å²) in [6.07, 6.45) is 0. The monoisotopic (exact) mass is 1010 g/mol. The summed E-state index contributed by atoms with van der Waals surface area (Å²) in [4.78, 5) is 0. The lowest BCUT2D eigenvalue weighted by Gasteiger charge is -2.20. The Balaban J connectivity index is 1.16. The van der Waals surface area contributed by atoms with Crippen molar-refractivity contribution in [2.24, 2.45) is 0 Å². The average molecular weight is 1010 g/mol. The van der Waals surface area contributed by atoms with Crippen molar-refractivity contribution in [3.8, 4) is 79.1 Å². The number of rotatable bonds is 7. The highest BCUT2D eigenvalue weighted by Crippen LogP contribution is 2.46. The van der Waals surface area contributed by atoms with Gasteiger partial charge in [0, 0.05) is 32.7 Å². The van der Waals surface area contributed by atoms with Crippen LogP contribution in [0.25, 0.3) is 111 Å². The number of hydrogen-bond donors (Lipinski definition) is 0. The van der Waals surface area contributed by atoms with Crippen LogP contribution in [0.1, 0.15) is 77.9 Å². The van der Waals surface area contributed by atoms with Gasteiger partial charge in [-0.15, -0.1) is 0 Å². The number of nitriles is 2. The van der Waals surface area contributed by atoms with E-state index in [1.54, 1.807) is 0 Å². The Morgan fingerprint density at radius 1 is 0.295 bits per heavy atom. The molecule has 0 saturated heterocycles. The Labute approximate surface area is 458 Å². The zero-order valence-corrected chi connectivity index (χ0v) is 46.8. The zero-order valence-electron chi connectivity index (χ0n) is 46.8. The van der Waals surface area contributed by atoms with Crippen molar-refractivity contribution < 1.29 is 0 Å². The van der Waals surface area contributed by atoms with Crippen LogP contribution >= 0.6 is 0 Å². The van der Waals surface area contributed by atoms with Crippen molar-refractivity contribution >= 4 is 43.6 Å². The standard InChI is InChI=1S/C74H62N4/c1-41-26-45(5)70(46(6)27-41)54-17-22-64-59(35-54)60-36-55(71-47(7)28-42(2)29-48(71)8)18-23-65(60)77(64)68-21-16-53(39-75)34-63(68)74-58(40-76)14-13-15-69(74)78-66-24-19-56(72-49(9)30-43(3)31-50(72)10)37-61(66)62-38-57(20-25-67(62)78)73-51(11)32-44(4)33-52(73)12/h13-38H,1-12H3. The van der Waals surface area contributed by atoms with Crippen LogP contribution in [0.2, 0.25) is 0 Å². The summed E-state index contributed by atoms with van der Waals surface area (Å²) in [5.74, 6) is 0. The molecule has 0 bridgehead atoms. The van der Waals surface area contributed by atoms with Crippen LogP contribution < -0.4 is 0 Å². The molecule has 0 aliphatic rings. The van der Waals surface area contributed by atoms with Gasteiger partial charge in [-0.05, 0) is 251 Å². The summed E-state index contributed by atoms with van der Waals surface area (Å²) in [6, 6.07) is 62.9. The van der Waals surface area contributed by atoms with Gasteiger partial charge in [-0.3, -0.25) is 0 Å². The lowest BCUT2D eigenvalue weighted by molar-refractivity contribution is 1.16. The predicted octanol–water partition coefficient (Wildman–Crippen LogP) is 19.7. The van der Waals surface area contributed by atoms with Gasteiger partial charge in [-0.25, -0.2) is 0 Å². The van der Waals surface area contributed by atoms with E-state index in [-0.39, 0.29) is 0 Å². The van der Waals surface area contributed by atoms with E-state index in [0.717, 1.165) is 77.2 Å². The van der Waals surface area contributed by atoms with Gasteiger partial charge in [0.05, 0.1) is 56.7 Å². The Morgan fingerprint density at radius 3 is 0.923 bits per heavy atom. The Kier molecular flexibility index (Phi) is 12.0. The summed E-state index contributed by atoms with van der Waals surface area (Å²) in [5, 5.41) is 26.6. The van der Waals surface area contributed by atoms with Gasteiger partial charge in [0.25, 0.3) is 0 Å². The second-order valence-electron chi connectivity index (χ2n) is 22.3. The van der Waals surface area contributed by atoms with E-state index < -0.39 is 0 Å². The third-order valence-corrected chi connectivity index (χ3v) is 16.4. The molecule has 0 amide bonds. The molecule has 4 nitrogen and oxygen atoms in total. The van der Waals surface area contributed by atoms with Crippen LogP contribution in [0, 0.1) is 106 Å².